The third-order valence-corrected chi connectivity index (χ3v) is 7.20. The zero-order valence-electron chi connectivity index (χ0n) is 19.1. The van der Waals surface area contributed by atoms with Crippen LogP contribution in [0, 0.1) is 5.41 Å². The number of nitrogens with one attached hydrogen (secondary N) is 2. The second-order valence-corrected chi connectivity index (χ2v) is 9.68. The monoisotopic (exact) mass is 490 g/mol. The summed E-state index contributed by atoms with van der Waals surface area (Å²) in [7, 11) is 0. The van der Waals surface area contributed by atoms with E-state index in [9.17, 15) is 27.6 Å². The number of rotatable bonds is 6. The first-order valence-corrected chi connectivity index (χ1v) is 11.6. The van der Waals surface area contributed by atoms with Crippen LogP contribution in [0.1, 0.15) is 44.2 Å². The number of aromatic amines is 1. The van der Waals surface area contributed by atoms with E-state index >= 15 is 0 Å². The first kappa shape index (κ1) is 23.4. The minimum absolute atomic E-state index is 0.0579. The molecule has 1 aliphatic heterocycles. The molecule has 5 rings (SSSR count). The Morgan fingerprint density at radius 3 is 2.54 bits per heavy atom. The molecule has 1 spiro atoms. The zero-order chi connectivity index (χ0) is 25.0. The molecule has 2 aliphatic carbocycles. The molecule has 0 saturated heterocycles. The molecule has 1 aromatic heterocycles. The second kappa shape index (κ2) is 8.39. The van der Waals surface area contributed by atoms with Crippen molar-refractivity contribution in [3.05, 3.63) is 51.6 Å². The largest absolute Gasteiger partial charge is 0.488 e. The molecule has 3 aliphatic rings. The Labute approximate surface area is 198 Å². The van der Waals surface area contributed by atoms with Gasteiger partial charge in [-0.1, -0.05) is 18.2 Å². The highest BCUT2D eigenvalue weighted by Crippen LogP contribution is 2.62. The number of hydrogen-bond donors (Lipinski definition) is 2. The van der Waals surface area contributed by atoms with Crippen LogP contribution in [0.2, 0.25) is 0 Å². The molecular formula is C24H25F3N4O4. The molecule has 2 fully saturated rings. The summed E-state index contributed by atoms with van der Waals surface area (Å²) in [5, 5.41) is 11.2. The van der Waals surface area contributed by atoms with E-state index < -0.39 is 31.1 Å². The lowest BCUT2D eigenvalue weighted by Crippen LogP contribution is -2.56. The van der Waals surface area contributed by atoms with Gasteiger partial charge in [0.1, 0.15) is 6.54 Å². The predicted octanol–water partition coefficient (Wildman–Crippen LogP) is 2.76. The lowest BCUT2D eigenvalue weighted by molar-refractivity contribution is -0.158. The molecule has 0 bridgehead atoms. The number of benzene rings is 1. The molecule has 0 atom stereocenters. The molecule has 2 amide bonds. The Morgan fingerprint density at radius 2 is 1.89 bits per heavy atom. The van der Waals surface area contributed by atoms with Gasteiger partial charge >= 0.3 is 6.18 Å². The minimum Gasteiger partial charge on any atom is -0.488 e. The summed E-state index contributed by atoms with van der Waals surface area (Å²) in [4.78, 5) is 37.8. The fourth-order valence-corrected chi connectivity index (χ4v) is 5.74. The van der Waals surface area contributed by atoms with Gasteiger partial charge < -0.3 is 15.0 Å². The van der Waals surface area contributed by atoms with Crippen molar-refractivity contribution in [2.45, 2.75) is 50.7 Å². The van der Waals surface area contributed by atoms with Crippen molar-refractivity contribution < 1.29 is 27.5 Å². The first-order chi connectivity index (χ1) is 16.6. The standard InChI is InChI=1S/C24H25F3N4O4/c1-2-35-19-17(11-31(22(19)34)12-24(25,26)27)20(32)28-14-9-23(10-14)7-13(8-23)18-15-5-3-4-6-16(15)21(33)30-29-18/h3-6,13-14H,2,7-12H2,1H3,(H,28,32)(H,30,33)/t13-,14-,23?. The minimum atomic E-state index is -4.56. The molecule has 11 heteroatoms. The van der Waals surface area contributed by atoms with Crippen molar-refractivity contribution in [2.24, 2.45) is 5.41 Å². The number of carbonyl (C=O) groups excluding carboxylic acids is 2. The summed E-state index contributed by atoms with van der Waals surface area (Å²) in [6.07, 6.45) is -1.31. The normalized spacial score (nSPS) is 26.2. The molecular weight excluding hydrogens is 465 g/mol. The third kappa shape index (κ3) is 4.28. The Hall–Kier alpha value is -3.37. The number of hydrogen-bond acceptors (Lipinski definition) is 5. The lowest BCUT2D eigenvalue weighted by atomic mass is 9.49. The summed E-state index contributed by atoms with van der Waals surface area (Å²) in [6, 6.07) is 7.25. The van der Waals surface area contributed by atoms with Crippen LogP contribution in [-0.2, 0) is 14.3 Å². The van der Waals surface area contributed by atoms with E-state index in [0.717, 1.165) is 36.8 Å². The van der Waals surface area contributed by atoms with E-state index in [-0.39, 0.29) is 40.9 Å². The van der Waals surface area contributed by atoms with Crippen molar-refractivity contribution in [1.29, 1.82) is 0 Å². The summed E-state index contributed by atoms with van der Waals surface area (Å²) < 4.78 is 43.7. The van der Waals surface area contributed by atoms with Gasteiger partial charge in [0.2, 0.25) is 0 Å². The van der Waals surface area contributed by atoms with Gasteiger partial charge in [-0.2, -0.15) is 18.3 Å². The molecule has 0 radical (unpaired) electrons. The van der Waals surface area contributed by atoms with Gasteiger partial charge in [0, 0.05) is 17.3 Å². The number of fused-ring (bicyclic) bond motifs is 1. The number of halogens is 3. The van der Waals surface area contributed by atoms with Crippen LogP contribution in [0.25, 0.3) is 10.8 Å². The highest BCUT2D eigenvalue weighted by molar-refractivity contribution is 6.07. The quantitative estimate of drug-likeness (QED) is 0.648. The molecule has 8 nitrogen and oxygen atoms in total. The van der Waals surface area contributed by atoms with Crippen molar-refractivity contribution in [1.82, 2.24) is 20.4 Å². The average molecular weight is 490 g/mol. The number of carbonyl (C=O) groups is 2. The number of alkyl halides is 3. The highest BCUT2D eigenvalue weighted by atomic mass is 19.4. The Bertz CT molecular complexity index is 1270. The van der Waals surface area contributed by atoms with E-state index in [2.05, 4.69) is 15.5 Å². The molecule has 2 saturated carbocycles. The topological polar surface area (TPSA) is 104 Å². The highest BCUT2D eigenvalue weighted by Gasteiger charge is 2.54. The Morgan fingerprint density at radius 1 is 1.20 bits per heavy atom. The van der Waals surface area contributed by atoms with Crippen molar-refractivity contribution in [3.63, 3.8) is 0 Å². The third-order valence-electron chi connectivity index (χ3n) is 7.20. The smallest absolute Gasteiger partial charge is 0.406 e. The van der Waals surface area contributed by atoms with E-state index in [4.69, 9.17) is 4.74 Å². The predicted molar refractivity (Wildman–Crippen MR) is 119 cm³/mol. The van der Waals surface area contributed by atoms with Gasteiger partial charge in [0.05, 0.1) is 29.8 Å². The van der Waals surface area contributed by atoms with Gasteiger partial charge in [-0.25, -0.2) is 5.10 Å². The van der Waals surface area contributed by atoms with Crippen molar-refractivity contribution >= 4 is 22.6 Å². The maximum Gasteiger partial charge on any atom is 0.406 e. The van der Waals surface area contributed by atoms with Crippen LogP contribution in [-0.4, -0.2) is 58.8 Å². The number of nitrogens with zero attached hydrogens (tertiary/aromatic N) is 2. The van der Waals surface area contributed by atoms with Gasteiger partial charge in [-0.05, 0) is 44.1 Å². The van der Waals surface area contributed by atoms with Gasteiger partial charge in [-0.3, -0.25) is 14.4 Å². The average Bonchev–Trinajstić information content (AvgIpc) is 3.04. The van der Waals surface area contributed by atoms with Crippen LogP contribution >= 0.6 is 0 Å². The Kier molecular flexibility index (Phi) is 5.60. The number of aromatic nitrogens is 2. The van der Waals surface area contributed by atoms with Crippen LogP contribution < -0.4 is 10.9 Å². The van der Waals surface area contributed by atoms with Gasteiger partial charge in [-0.15, -0.1) is 0 Å². The lowest BCUT2D eigenvalue weighted by Gasteiger charge is -2.57. The summed E-state index contributed by atoms with van der Waals surface area (Å²) in [5.41, 5.74) is 0.674. The van der Waals surface area contributed by atoms with Crippen LogP contribution in [0.3, 0.4) is 0 Å². The molecule has 2 heterocycles. The molecule has 1 aromatic carbocycles. The zero-order valence-corrected chi connectivity index (χ0v) is 19.1. The fourth-order valence-electron chi connectivity index (χ4n) is 5.74. The second-order valence-electron chi connectivity index (χ2n) is 9.68. The van der Waals surface area contributed by atoms with Gasteiger partial charge in [0.25, 0.3) is 17.4 Å². The van der Waals surface area contributed by atoms with Crippen LogP contribution in [0.4, 0.5) is 13.2 Å². The summed E-state index contributed by atoms with van der Waals surface area (Å²) >= 11 is 0. The van der Waals surface area contributed by atoms with E-state index in [1.54, 1.807) is 13.0 Å². The van der Waals surface area contributed by atoms with Crippen LogP contribution in [0.15, 0.2) is 40.4 Å². The van der Waals surface area contributed by atoms with E-state index in [1.165, 1.54) is 0 Å². The van der Waals surface area contributed by atoms with E-state index in [1.807, 2.05) is 18.2 Å². The summed E-state index contributed by atoms with van der Waals surface area (Å²) in [6.45, 7) is -0.185. The maximum atomic E-state index is 12.8. The molecule has 35 heavy (non-hydrogen) atoms. The van der Waals surface area contributed by atoms with Crippen LogP contribution in [0.5, 0.6) is 0 Å². The molecule has 2 N–H and O–H groups in total. The SMILES string of the molecule is CCOC1=C(C(=O)N[C@H]2CC3(C2)C[C@H](c2n[nH]c(=O)c4ccccc42)C3)CN(CC(F)(F)F)C1=O. The molecule has 186 valence electrons. The molecule has 2 aromatic rings. The Balaban J connectivity index is 1.20. The number of H-pyrrole nitrogens is 1. The van der Waals surface area contributed by atoms with Crippen molar-refractivity contribution in [3.8, 4) is 0 Å². The van der Waals surface area contributed by atoms with E-state index in [0.29, 0.717) is 10.3 Å². The molecule has 0 unspecified atom stereocenters. The van der Waals surface area contributed by atoms with Crippen molar-refractivity contribution in [2.75, 3.05) is 19.7 Å². The first-order valence-electron chi connectivity index (χ1n) is 11.6. The number of amides is 2. The number of ether oxygens (including phenoxy) is 1. The maximum absolute atomic E-state index is 12.8. The summed E-state index contributed by atoms with van der Waals surface area (Å²) in [5.74, 6) is -1.57. The van der Waals surface area contributed by atoms with Gasteiger partial charge in [0.15, 0.2) is 5.76 Å². The fraction of sp³-hybridized carbons (Fsp3) is 0.500.